The molecule has 0 saturated carbocycles. The van der Waals surface area contributed by atoms with Gasteiger partial charge in [0.1, 0.15) is 12.4 Å². The zero-order chi connectivity index (χ0) is 15.4. The van der Waals surface area contributed by atoms with Crippen molar-refractivity contribution in [3.63, 3.8) is 0 Å². The summed E-state index contributed by atoms with van der Waals surface area (Å²) < 4.78 is 8.50. The second kappa shape index (κ2) is 7.74. The van der Waals surface area contributed by atoms with E-state index in [0.717, 1.165) is 30.3 Å². The minimum Gasteiger partial charge on any atom is -0.487 e. The number of halogens is 3. The zero-order valence-electron chi connectivity index (χ0n) is 11.2. The van der Waals surface area contributed by atoms with E-state index in [0.29, 0.717) is 13.2 Å². The van der Waals surface area contributed by atoms with Gasteiger partial charge in [0.2, 0.25) is 0 Å². The van der Waals surface area contributed by atoms with E-state index in [9.17, 15) is 0 Å². The molecule has 0 aromatic heterocycles. The van der Waals surface area contributed by atoms with Gasteiger partial charge in [-0.1, -0.05) is 46.3 Å². The summed E-state index contributed by atoms with van der Waals surface area (Å²) in [7, 11) is 0. The van der Waals surface area contributed by atoms with Crippen molar-refractivity contribution in [2.75, 3.05) is 6.54 Å². The molecule has 1 unspecified atom stereocenters. The van der Waals surface area contributed by atoms with Crippen molar-refractivity contribution in [1.29, 1.82) is 0 Å². The molecule has 0 heterocycles. The fourth-order valence-electron chi connectivity index (χ4n) is 1.91. The summed E-state index contributed by atoms with van der Waals surface area (Å²) in [6.07, 6.45) is 0. The van der Waals surface area contributed by atoms with Crippen molar-refractivity contribution in [3.05, 3.63) is 60.9 Å². The Morgan fingerprint density at radius 3 is 2.33 bits per heavy atom. The van der Waals surface area contributed by atoms with E-state index in [1.807, 2.05) is 36.4 Å². The molecule has 0 aliphatic rings. The summed E-state index contributed by atoms with van der Waals surface area (Å²) >= 11 is 10.6. The maximum Gasteiger partial charge on any atom is 0.148 e. The van der Waals surface area contributed by atoms with Crippen LogP contribution in [0.3, 0.4) is 0 Å². The van der Waals surface area contributed by atoms with Crippen molar-refractivity contribution in [2.24, 2.45) is 11.5 Å². The van der Waals surface area contributed by atoms with Gasteiger partial charge >= 0.3 is 0 Å². The van der Waals surface area contributed by atoms with Crippen LogP contribution in [0.15, 0.2) is 49.8 Å². The summed E-state index contributed by atoms with van der Waals surface area (Å²) in [5.74, 6) is 0.723. The molecule has 0 bridgehead atoms. The summed E-state index contributed by atoms with van der Waals surface area (Å²) in [5, 5.41) is 0. The van der Waals surface area contributed by atoms with E-state index in [-0.39, 0.29) is 6.04 Å². The molecule has 6 heteroatoms. The third-order valence-corrected chi connectivity index (χ3v) is 5.05. The highest BCUT2D eigenvalue weighted by atomic mass is 79.9. The van der Waals surface area contributed by atoms with Crippen LogP contribution < -0.4 is 16.2 Å². The Kier molecular flexibility index (Phi) is 6.25. The van der Waals surface area contributed by atoms with Gasteiger partial charge < -0.3 is 16.2 Å². The standard InChI is InChI=1S/C15H15Br3N2O/c16-10-6-11(17)15(14(18)13(10)12(20)7-19)21-8-9-4-2-1-3-5-9/h1-6,12H,7-8,19-20H2. The molecule has 4 N–H and O–H groups in total. The van der Waals surface area contributed by atoms with E-state index < -0.39 is 0 Å². The van der Waals surface area contributed by atoms with Gasteiger partial charge in [-0.05, 0) is 43.5 Å². The largest absolute Gasteiger partial charge is 0.487 e. The molecule has 0 aliphatic carbocycles. The van der Waals surface area contributed by atoms with Crippen LogP contribution in [0.5, 0.6) is 5.75 Å². The normalized spacial score (nSPS) is 12.2. The molecule has 21 heavy (non-hydrogen) atoms. The van der Waals surface area contributed by atoms with Crippen LogP contribution in [-0.4, -0.2) is 6.54 Å². The van der Waals surface area contributed by atoms with E-state index >= 15 is 0 Å². The molecule has 1 atom stereocenters. The van der Waals surface area contributed by atoms with Crippen LogP contribution in [0.1, 0.15) is 17.2 Å². The first-order valence-corrected chi connectivity index (χ1v) is 8.72. The zero-order valence-corrected chi connectivity index (χ0v) is 15.9. The third kappa shape index (κ3) is 4.07. The highest BCUT2D eigenvalue weighted by Crippen LogP contribution is 2.42. The second-order valence-corrected chi connectivity index (χ2v) is 7.02. The van der Waals surface area contributed by atoms with Gasteiger partial charge in [-0.15, -0.1) is 0 Å². The van der Waals surface area contributed by atoms with Gasteiger partial charge in [0.05, 0.1) is 8.95 Å². The first kappa shape index (κ1) is 17.0. The van der Waals surface area contributed by atoms with Gasteiger partial charge in [0.15, 0.2) is 0 Å². The lowest BCUT2D eigenvalue weighted by Crippen LogP contribution is -2.22. The molecule has 3 nitrogen and oxygen atoms in total. The molecule has 2 rings (SSSR count). The van der Waals surface area contributed by atoms with Crippen molar-refractivity contribution in [2.45, 2.75) is 12.6 Å². The maximum absolute atomic E-state index is 6.07. The number of hydrogen-bond donors (Lipinski definition) is 2. The topological polar surface area (TPSA) is 61.3 Å². The lowest BCUT2D eigenvalue weighted by Gasteiger charge is -2.18. The Morgan fingerprint density at radius 1 is 1.05 bits per heavy atom. The van der Waals surface area contributed by atoms with Crippen LogP contribution in [0.4, 0.5) is 0 Å². The lowest BCUT2D eigenvalue weighted by atomic mass is 10.1. The third-order valence-electron chi connectivity index (χ3n) is 3.01. The predicted molar refractivity (Wildman–Crippen MR) is 96.3 cm³/mol. The first-order valence-electron chi connectivity index (χ1n) is 6.34. The van der Waals surface area contributed by atoms with E-state index in [2.05, 4.69) is 47.8 Å². The summed E-state index contributed by atoms with van der Waals surface area (Å²) in [6.45, 7) is 0.841. The number of hydrogen-bond acceptors (Lipinski definition) is 3. The Labute approximate surface area is 149 Å². The van der Waals surface area contributed by atoms with E-state index in [1.165, 1.54) is 0 Å². The van der Waals surface area contributed by atoms with E-state index in [4.69, 9.17) is 16.2 Å². The predicted octanol–water partition coefficient (Wildman–Crippen LogP) is 4.51. The molecule has 2 aromatic carbocycles. The average Bonchev–Trinajstić information content (AvgIpc) is 2.47. The summed E-state index contributed by atoms with van der Waals surface area (Å²) in [6, 6.07) is 11.7. The van der Waals surface area contributed by atoms with Crippen molar-refractivity contribution in [3.8, 4) is 5.75 Å². The Morgan fingerprint density at radius 2 is 1.71 bits per heavy atom. The molecule has 2 aromatic rings. The van der Waals surface area contributed by atoms with Gasteiger partial charge in [0, 0.05) is 22.6 Å². The van der Waals surface area contributed by atoms with Crippen LogP contribution in [0.25, 0.3) is 0 Å². The SMILES string of the molecule is NCC(N)c1c(Br)cc(Br)c(OCc2ccccc2)c1Br. The van der Waals surface area contributed by atoms with Crippen molar-refractivity contribution >= 4 is 47.8 Å². The number of nitrogens with two attached hydrogens (primary N) is 2. The van der Waals surface area contributed by atoms with Gasteiger partial charge in [-0.3, -0.25) is 0 Å². The molecule has 0 saturated heterocycles. The highest BCUT2D eigenvalue weighted by Gasteiger charge is 2.19. The van der Waals surface area contributed by atoms with Crippen molar-refractivity contribution in [1.82, 2.24) is 0 Å². The van der Waals surface area contributed by atoms with Crippen LogP contribution >= 0.6 is 47.8 Å². The molecule has 0 fully saturated rings. The summed E-state index contributed by atoms with van der Waals surface area (Å²) in [5.41, 5.74) is 13.7. The summed E-state index contributed by atoms with van der Waals surface area (Å²) in [4.78, 5) is 0. The average molecular weight is 479 g/mol. The Hall–Kier alpha value is -0.400. The Balaban J connectivity index is 2.31. The fourth-order valence-corrected chi connectivity index (χ4v) is 4.84. The quantitative estimate of drug-likeness (QED) is 0.664. The highest BCUT2D eigenvalue weighted by molar-refractivity contribution is 9.11. The fraction of sp³-hybridized carbons (Fsp3) is 0.200. The molecule has 0 aliphatic heterocycles. The minimum absolute atomic E-state index is 0.263. The molecule has 0 amide bonds. The Bertz CT molecular complexity index is 620. The molecular formula is C15H15Br3N2O. The van der Waals surface area contributed by atoms with Crippen LogP contribution in [0, 0.1) is 0 Å². The van der Waals surface area contributed by atoms with Gasteiger partial charge in [0.25, 0.3) is 0 Å². The molecular weight excluding hydrogens is 464 g/mol. The number of ether oxygens (including phenoxy) is 1. The van der Waals surface area contributed by atoms with Crippen LogP contribution in [-0.2, 0) is 6.61 Å². The monoisotopic (exact) mass is 476 g/mol. The number of benzene rings is 2. The molecule has 0 spiro atoms. The lowest BCUT2D eigenvalue weighted by molar-refractivity contribution is 0.301. The maximum atomic E-state index is 6.07. The number of rotatable bonds is 5. The smallest absolute Gasteiger partial charge is 0.148 e. The minimum atomic E-state index is -0.263. The van der Waals surface area contributed by atoms with Gasteiger partial charge in [-0.2, -0.15) is 0 Å². The first-order chi connectivity index (χ1) is 10.0. The van der Waals surface area contributed by atoms with Crippen LogP contribution in [0.2, 0.25) is 0 Å². The molecule has 0 radical (unpaired) electrons. The van der Waals surface area contributed by atoms with E-state index in [1.54, 1.807) is 0 Å². The molecule has 112 valence electrons. The van der Waals surface area contributed by atoms with Gasteiger partial charge in [-0.25, -0.2) is 0 Å². The van der Waals surface area contributed by atoms with Crippen molar-refractivity contribution < 1.29 is 4.74 Å². The second-order valence-electron chi connectivity index (χ2n) is 4.51.